The highest BCUT2D eigenvalue weighted by atomic mass is 32.1. The van der Waals surface area contributed by atoms with Gasteiger partial charge in [-0.2, -0.15) is 13.2 Å². The Morgan fingerprint density at radius 3 is 2.21 bits per heavy atom. The molecule has 0 saturated carbocycles. The molecule has 3 atom stereocenters. The maximum Gasteiger partial charge on any atom is 0.437 e. The lowest BCUT2D eigenvalue weighted by molar-refractivity contribution is -0.285. The zero-order valence-electron chi connectivity index (χ0n) is 15.7. The molecule has 3 N–H and O–H groups in total. The van der Waals surface area contributed by atoms with E-state index in [0.717, 1.165) is 5.69 Å². The normalized spacial score (nSPS) is 24.4. The van der Waals surface area contributed by atoms with Crippen molar-refractivity contribution in [2.24, 2.45) is 5.92 Å². The summed E-state index contributed by atoms with van der Waals surface area (Å²) in [4.78, 5) is 15.0. The fraction of sp³-hybridized carbons (Fsp3) is 0.300. The number of hydrogen-bond donors (Lipinski definition) is 3. The van der Waals surface area contributed by atoms with Gasteiger partial charge in [0.2, 0.25) is 5.72 Å². The average Bonchev–Trinajstić information content (AvgIpc) is 2.67. The zero-order valence-corrected chi connectivity index (χ0v) is 16.5. The Balaban J connectivity index is 2.13. The summed E-state index contributed by atoms with van der Waals surface area (Å²) in [5.41, 5.74) is -2.22. The van der Waals surface area contributed by atoms with E-state index in [1.165, 1.54) is 12.1 Å². The number of benzene rings is 2. The molecule has 1 fully saturated rings. The van der Waals surface area contributed by atoms with Gasteiger partial charge in [0.05, 0.1) is 6.04 Å². The zero-order chi connectivity index (χ0) is 21.4. The highest BCUT2D eigenvalue weighted by molar-refractivity contribution is 7.80. The second-order valence-corrected chi connectivity index (χ2v) is 7.44. The van der Waals surface area contributed by atoms with E-state index in [-0.39, 0.29) is 10.7 Å². The van der Waals surface area contributed by atoms with Gasteiger partial charge in [0.15, 0.2) is 10.9 Å². The van der Waals surface area contributed by atoms with Gasteiger partial charge < -0.3 is 20.6 Å². The smallest absolute Gasteiger partial charge is 0.378 e. The Morgan fingerprint density at radius 2 is 1.69 bits per heavy atom. The minimum Gasteiger partial charge on any atom is -0.378 e. The van der Waals surface area contributed by atoms with Crippen LogP contribution in [0.25, 0.3) is 0 Å². The van der Waals surface area contributed by atoms with Gasteiger partial charge in [-0.3, -0.25) is 4.79 Å². The number of Topliss-reactive ketones (excluding diaryl/α,β-unsaturated/α-hetero) is 1. The molecule has 3 rings (SSSR count). The van der Waals surface area contributed by atoms with E-state index in [1.807, 2.05) is 24.3 Å². The molecule has 1 aliphatic rings. The van der Waals surface area contributed by atoms with Gasteiger partial charge in [0.1, 0.15) is 5.92 Å². The van der Waals surface area contributed by atoms with Crippen LogP contribution in [0.5, 0.6) is 0 Å². The van der Waals surface area contributed by atoms with Crippen LogP contribution < -0.4 is 15.5 Å². The van der Waals surface area contributed by atoms with Gasteiger partial charge in [0.25, 0.3) is 0 Å². The largest absolute Gasteiger partial charge is 0.437 e. The second-order valence-electron chi connectivity index (χ2n) is 7.03. The third-order valence-electron chi connectivity index (χ3n) is 4.92. The summed E-state index contributed by atoms with van der Waals surface area (Å²) in [6, 6.07) is 13.1. The molecule has 5 nitrogen and oxygen atoms in total. The molecule has 1 heterocycles. The number of nitrogens with zero attached hydrogens (tertiary/aromatic N) is 1. The third-order valence-corrected chi connectivity index (χ3v) is 5.14. The van der Waals surface area contributed by atoms with Crippen molar-refractivity contribution in [3.63, 3.8) is 0 Å². The molecule has 1 aliphatic heterocycles. The number of hydrogen-bond acceptors (Lipinski definition) is 4. The van der Waals surface area contributed by atoms with Crippen LogP contribution in [0.15, 0.2) is 54.6 Å². The molecular weight excluding hydrogens is 403 g/mol. The minimum atomic E-state index is -5.14. The quantitative estimate of drug-likeness (QED) is 0.519. The maximum absolute atomic E-state index is 13.9. The van der Waals surface area contributed by atoms with Crippen molar-refractivity contribution >= 4 is 28.8 Å². The summed E-state index contributed by atoms with van der Waals surface area (Å²) in [5.74, 6) is -2.75. The van der Waals surface area contributed by atoms with Crippen molar-refractivity contribution in [1.29, 1.82) is 0 Å². The number of aliphatic hydroxyl groups is 1. The van der Waals surface area contributed by atoms with E-state index in [0.29, 0.717) is 5.56 Å². The summed E-state index contributed by atoms with van der Waals surface area (Å²) in [5, 5.41) is 14.9. The van der Waals surface area contributed by atoms with Crippen LogP contribution in [0, 0.1) is 5.92 Å². The molecule has 0 spiro atoms. The van der Waals surface area contributed by atoms with Crippen molar-refractivity contribution in [2.75, 3.05) is 19.0 Å². The van der Waals surface area contributed by atoms with Crippen molar-refractivity contribution in [1.82, 2.24) is 10.6 Å². The van der Waals surface area contributed by atoms with E-state index in [4.69, 9.17) is 12.2 Å². The highest BCUT2D eigenvalue weighted by Crippen LogP contribution is 2.44. The van der Waals surface area contributed by atoms with Crippen LogP contribution >= 0.6 is 12.2 Å². The molecule has 0 unspecified atom stereocenters. The predicted molar refractivity (Wildman–Crippen MR) is 108 cm³/mol. The van der Waals surface area contributed by atoms with E-state index in [9.17, 15) is 23.1 Å². The van der Waals surface area contributed by atoms with Gasteiger partial charge in [0, 0.05) is 25.3 Å². The first-order chi connectivity index (χ1) is 13.5. The first-order valence-corrected chi connectivity index (χ1v) is 9.20. The number of nitrogens with one attached hydrogen (secondary N) is 2. The molecule has 0 aromatic heterocycles. The Labute approximate surface area is 171 Å². The van der Waals surface area contributed by atoms with Crippen LogP contribution in [0.1, 0.15) is 22.0 Å². The summed E-state index contributed by atoms with van der Waals surface area (Å²) in [7, 11) is 3.66. The van der Waals surface area contributed by atoms with Crippen LogP contribution in [0.2, 0.25) is 0 Å². The SMILES string of the molecule is CN(C)c1ccc([C@@H]2NC(=S)N[C@](O)(C(F)(F)F)[C@@H]2C(=O)c2ccccc2)cc1. The van der Waals surface area contributed by atoms with Gasteiger partial charge in [-0.1, -0.05) is 42.5 Å². The Bertz CT molecular complexity index is 903. The van der Waals surface area contributed by atoms with Crippen LogP contribution in [-0.4, -0.2) is 42.0 Å². The lowest BCUT2D eigenvalue weighted by Crippen LogP contribution is -2.72. The number of carbonyl (C=O) groups is 1. The molecule has 0 amide bonds. The Hall–Kier alpha value is -2.65. The minimum absolute atomic E-state index is 0.0616. The first-order valence-electron chi connectivity index (χ1n) is 8.79. The molecule has 154 valence electrons. The monoisotopic (exact) mass is 423 g/mol. The van der Waals surface area contributed by atoms with Crippen molar-refractivity contribution in [3.05, 3.63) is 65.7 Å². The number of anilines is 1. The number of rotatable bonds is 4. The lowest BCUT2D eigenvalue weighted by atomic mass is 9.77. The third kappa shape index (κ3) is 3.92. The lowest BCUT2D eigenvalue weighted by Gasteiger charge is -2.46. The summed E-state index contributed by atoms with van der Waals surface area (Å²) < 4.78 is 41.8. The molecule has 0 bridgehead atoms. The number of halogens is 3. The second kappa shape index (κ2) is 7.64. The Kier molecular flexibility index (Phi) is 5.55. The van der Waals surface area contributed by atoms with Gasteiger partial charge in [-0.25, -0.2) is 0 Å². The molecule has 0 radical (unpaired) electrons. The summed E-state index contributed by atoms with van der Waals surface area (Å²) >= 11 is 4.92. The molecule has 2 aromatic rings. The van der Waals surface area contributed by atoms with Crippen molar-refractivity contribution < 1.29 is 23.1 Å². The molecule has 9 heteroatoms. The van der Waals surface area contributed by atoms with Gasteiger partial charge in [-0.15, -0.1) is 0 Å². The topological polar surface area (TPSA) is 64.6 Å². The average molecular weight is 423 g/mol. The molecular formula is C20H20F3N3O2S. The van der Waals surface area contributed by atoms with E-state index in [1.54, 1.807) is 42.5 Å². The number of alkyl halides is 3. The van der Waals surface area contributed by atoms with E-state index < -0.39 is 29.6 Å². The van der Waals surface area contributed by atoms with E-state index in [2.05, 4.69) is 5.32 Å². The standard InChI is InChI=1S/C20H20F3N3O2S/c1-26(2)14-10-8-12(9-11-14)16-15(17(27)13-6-4-3-5-7-13)19(28,20(21,22)23)25-18(29)24-16/h3-11,15-16,28H,1-2H3,(H2,24,25,29)/t15-,16-,19+/m0/s1. The highest BCUT2D eigenvalue weighted by Gasteiger charge is 2.65. The fourth-order valence-corrected chi connectivity index (χ4v) is 3.66. The predicted octanol–water partition coefficient (Wildman–Crippen LogP) is 3.02. The van der Waals surface area contributed by atoms with Crippen LogP contribution in [0.3, 0.4) is 0 Å². The van der Waals surface area contributed by atoms with Gasteiger partial charge in [-0.05, 0) is 29.9 Å². The number of carbonyl (C=O) groups excluding carboxylic acids is 1. The van der Waals surface area contributed by atoms with Gasteiger partial charge >= 0.3 is 6.18 Å². The Morgan fingerprint density at radius 1 is 1.10 bits per heavy atom. The maximum atomic E-state index is 13.9. The molecule has 0 aliphatic carbocycles. The van der Waals surface area contributed by atoms with E-state index >= 15 is 0 Å². The van der Waals surface area contributed by atoms with Crippen molar-refractivity contribution in [3.8, 4) is 0 Å². The molecule has 29 heavy (non-hydrogen) atoms. The van der Waals surface area contributed by atoms with Crippen molar-refractivity contribution in [2.45, 2.75) is 17.9 Å². The first kappa shape index (κ1) is 21.1. The fourth-order valence-electron chi connectivity index (χ4n) is 3.38. The number of thiocarbonyl (C=S) groups is 1. The van der Waals surface area contributed by atoms with Crippen LogP contribution in [0.4, 0.5) is 18.9 Å². The molecule has 1 saturated heterocycles. The summed E-state index contributed by atoms with van der Waals surface area (Å²) in [6.07, 6.45) is -5.14. The molecule has 2 aromatic carbocycles. The number of ketones is 1. The summed E-state index contributed by atoms with van der Waals surface area (Å²) in [6.45, 7) is 0. The van der Waals surface area contributed by atoms with Crippen LogP contribution in [-0.2, 0) is 0 Å².